The molecule has 2 aromatic rings. The maximum atomic E-state index is 12.9. The topological polar surface area (TPSA) is 94.2 Å². The lowest BCUT2D eigenvalue weighted by Crippen LogP contribution is -2.39. The molecule has 0 saturated carbocycles. The number of rotatable bonds is 3. The standard InChI is InChI=1S/C19H23N5O3/c25-19(14-6-4-8-16(12-14)24(26)27)22-10-5-7-15(13-22)18-21-20-17-9-2-1-3-11-23(17)18/h4,6,8,12,15H,1-3,5,7,9-11,13H2. The molecule has 8 nitrogen and oxygen atoms in total. The molecule has 27 heavy (non-hydrogen) atoms. The number of aromatic nitrogens is 3. The molecule has 1 atom stereocenters. The second-order valence-electron chi connectivity index (χ2n) is 7.33. The van der Waals surface area contributed by atoms with Crippen LogP contribution in [-0.4, -0.2) is 43.6 Å². The predicted molar refractivity (Wildman–Crippen MR) is 98.6 cm³/mol. The molecule has 142 valence electrons. The van der Waals surface area contributed by atoms with Crippen LogP contribution in [0.4, 0.5) is 5.69 Å². The van der Waals surface area contributed by atoms with Crippen molar-refractivity contribution >= 4 is 11.6 Å². The number of non-ortho nitro benzene ring substituents is 1. The van der Waals surface area contributed by atoms with E-state index >= 15 is 0 Å². The summed E-state index contributed by atoms with van der Waals surface area (Å²) in [6.07, 6.45) is 6.35. The number of carbonyl (C=O) groups is 1. The number of nitrogens with zero attached hydrogens (tertiary/aromatic N) is 5. The molecular formula is C19H23N5O3. The molecule has 1 saturated heterocycles. The van der Waals surface area contributed by atoms with E-state index in [-0.39, 0.29) is 17.5 Å². The highest BCUT2D eigenvalue weighted by Crippen LogP contribution is 2.29. The van der Waals surface area contributed by atoms with Gasteiger partial charge in [-0.05, 0) is 31.7 Å². The van der Waals surface area contributed by atoms with Crippen LogP contribution in [0.3, 0.4) is 0 Å². The number of fused-ring (bicyclic) bond motifs is 1. The highest BCUT2D eigenvalue weighted by molar-refractivity contribution is 5.95. The molecule has 0 spiro atoms. The molecule has 4 rings (SSSR count). The molecule has 3 heterocycles. The number of amides is 1. The molecule has 1 aromatic carbocycles. The number of hydrogen-bond acceptors (Lipinski definition) is 5. The lowest BCUT2D eigenvalue weighted by atomic mass is 9.96. The van der Waals surface area contributed by atoms with Crippen molar-refractivity contribution < 1.29 is 9.72 Å². The Morgan fingerprint density at radius 3 is 2.89 bits per heavy atom. The number of hydrogen-bond donors (Lipinski definition) is 0. The average Bonchev–Trinajstić information content (AvgIpc) is 2.96. The van der Waals surface area contributed by atoms with Crippen LogP contribution in [0.2, 0.25) is 0 Å². The molecule has 8 heteroatoms. The molecule has 2 aliphatic heterocycles. The van der Waals surface area contributed by atoms with Gasteiger partial charge in [-0.1, -0.05) is 12.5 Å². The molecular weight excluding hydrogens is 346 g/mol. The van der Waals surface area contributed by atoms with E-state index in [1.807, 2.05) is 0 Å². The van der Waals surface area contributed by atoms with E-state index in [4.69, 9.17) is 0 Å². The van der Waals surface area contributed by atoms with Crippen molar-refractivity contribution in [2.75, 3.05) is 13.1 Å². The average molecular weight is 369 g/mol. The van der Waals surface area contributed by atoms with Crippen LogP contribution in [0.1, 0.15) is 60.0 Å². The van der Waals surface area contributed by atoms with Gasteiger partial charge in [0.1, 0.15) is 11.6 Å². The largest absolute Gasteiger partial charge is 0.338 e. The molecule has 0 radical (unpaired) electrons. The summed E-state index contributed by atoms with van der Waals surface area (Å²) in [5.74, 6) is 2.06. The molecule has 1 unspecified atom stereocenters. The van der Waals surface area contributed by atoms with Crippen LogP contribution in [0, 0.1) is 10.1 Å². The van der Waals surface area contributed by atoms with Gasteiger partial charge in [-0.15, -0.1) is 10.2 Å². The first kappa shape index (κ1) is 17.6. The molecule has 1 aromatic heterocycles. The summed E-state index contributed by atoms with van der Waals surface area (Å²) < 4.78 is 2.25. The number of nitro benzene ring substituents is 1. The monoisotopic (exact) mass is 369 g/mol. The zero-order chi connectivity index (χ0) is 18.8. The van der Waals surface area contributed by atoms with Gasteiger partial charge in [0, 0.05) is 49.7 Å². The number of piperidine rings is 1. The quantitative estimate of drug-likeness (QED) is 0.612. The van der Waals surface area contributed by atoms with E-state index in [9.17, 15) is 14.9 Å². The molecule has 1 amide bonds. The van der Waals surface area contributed by atoms with Crippen LogP contribution in [0.5, 0.6) is 0 Å². The number of likely N-dealkylation sites (tertiary alicyclic amines) is 1. The summed E-state index contributed by atoms with van der Waals surface area (Å²) in [6.45, 7) is 2.20. The Bertz CT molecular complexity index is 863. The number of aryl methyl sites for hydroxylation is 1. The van der Waals surface area contributed by atoms with Gasteiger partial charge in [-0.25, -0.2) is 0 Å². The summed E-state index contributed by atoms with van der Waals surface area (Å²) in [5.41, 5.74) is 0.308. The maximum Gasteiger partial charge on any atom is 0.270 e. The predicted octanol–water partition coefficient (Wildman–Crippen LogP) is 2.93. The first-order valence-electron chi connectivity index (χ1n) is 9.59. The third kappa shape index (κ3) is 3.56. The van der Waals surface area contributed by atoms with Gasteiger partial charge in [0.25, 0.3) is 11.6 Å². The third-order valence-electron chi connectivity index (χ3n) is 5.52. The molecule has 0 aliphatic carbocycles. The molecule has 0 bridgehead atoms. The minimum atomic E-state index is -0.471. The van der Waals surface area contributed by atoms with Crippen molar-refractivity contribution in [3.8, 4) is 0 Å². The normalized spacial score (nSPS) is 20.0. The van der Waals surface area contributed by atoms with Gasteiger partial charge in [-0.2, -0.15) is 0 Å². The Balaban J connectivity index is 1.53. The molecule has 1 fully saturated rings. The van der Waals surface area contributed by atoms with E-state index < -0.39 is 4.92 Å². The van der Waals surface area contributed by atoms with Crippen LogP contribution in [0.15, 0.2) is 24.3 Å². The van der Waals surface area contributed by atoms with Crippen molar-refractivity contribution in [1.82, 2.24) is 19.7 Å². The van der Waals surface area contributed by atoms with Crippen molar-refractivity contribution in [2.24, 2.45) is 0 Å². The molecule has 0 N–H and O–H groups in total. The highest BCUT2D eigenvalue weighted by atomic mass is 16.6. The van der Waals surface area contributed by atoms with Crippen LogP contribution >= 0.6 is 0 Å². The summed E-state index contributed by atoms with van der Waals surface area (Å²) in [7, 11) is 0. The van der Waals surface area contributed by atoms with E-state index in [0.29, 0.717) is 18.7 Å². The van der Waals surface area contributed by atoms with Crippen molar-refractivity contribution in [3.63, 3.8) is 0 Å². The van der Waals surface area contributed by atoms with E-state index in [2.05, 4.69) is 14.8 Å². The Morgan fingerprint density at radius 2 is 2.04 bits per heavy atom. The first-order chi connectivity index (χ1) is 13.1. The molecule has 2 aliphatic rings. The second kappa shape index (κ2) is 7.46. The minimum absolute atomic E-state index is 0.0582. The van der Waals surface area contributed by atoms with Gasteiger partial charge in [0.05, 0.1) is 4.92 Å². The fourth-order valence-electron chi connectivity index (χ4n) is 4.12. The highest BCUT2D eigenvalue weighted by Gasteiger charge is 2.30. The van der Waals surface area contributed by atoms with Crippen LogP contribution < -0.4 is 0 Å². The second-order valence-corrected chi connectivity index (χ2v) is 7.33. The lowest BCUT2D eigenvalue weighted by Gasteiger charge is -2.32. The van der Waals surface area contributed by atoms with Crippen molar-refractivity contribution in [3.05, 3.63) is 51.6 Å². The van der Waals surface area contributed by atoms with Crippen molar-refractivity contribution in [2.45, 2.75) is 51.0 Å². The zero-order valence-electron chi connectivity index (χ0n) is 15.2. The van der Waals surface area contributed by atoms with E-state index in [1.165, 1.54) is 18.6 Å². The third-order valence-corrected chi connectivity index (χ3v) is 5.52. The van der Waals surface area contributed by atoms with Gasteiger partial charge in [0.15, 0.2) is 0 Å². The Hall–Kier alpha value is -2.77. The van der Waals surface area contributed by atoms with Gasteiger partial charge >= 0.3 is 0 Å². The smallest absolute Gasteiger partial charge is 0.270 e. The fourth-order valence-corrected chi connectivity index (χ4v) is 4.12. The van der Waals surface area contributed by atoms with E-state index in [1.54, 1.807) is 17.0 Å². The Morgan fingerprint density at radius 1 is 1.15 bits per heavy atom. The lowest BCUT2D eigenvalue weighted by molar-refractivity contribution is -0.384. The Kier molecular flexibility index (Phi) is 4.87. The summed E-state index contributed by atoms with van der Waals surface area (Å²) >= 11 is 0. The van der Waals surface area contributed by atoms with Gasteiger partial charge < -0.3 is 9.47 Å². The maximum absolute atomic E-state index is 12.9. The minimum Gasteiger partial charge on any atom is -0.338 e. The fraction of sp³-hybridized carbons (Fsp3) is 0.526. The summed E-state index contributed by atoms with van der Waals surface area (Å²) in [4.78, 5) is 25.2. The van der Waals surface area contributed by atoms with Crippen LogP contribution in [-0.2, 0) is 13.0 Å². The SMILES string of the molecule is O=C(c1cccc([N+](=O)[O-])c1)N1CCCC(c2nnc3n2CCCCC3)C1. The van der Waals surface area contributed by atoms with E-state index in [0.717, 1.165) is 50.3 Å². The first-order valence-corrected chi connectivity index (χ1v) is 9.59. The van der Waals surface area contributed by atoms with Gasteiger partial charge in [-0.3, -0.25) is 14.9 Å². The number of carbonyl (C=O) groups excluding carboxylic acids is 1. The van der Waals surface area contributed by atoms with Gasteiger partial charge in [0.2, 0.25) is 0 Å². The zero-order valence-corrected chi connectivity index (χ0v) is 15.2. The number of nitro groups is 1. The number of benzene rings is 1. The van der Waals surface area contributed by atoms with Crippen molar-refractivity contribution in [1.29, 1.82) is 0 Å². The summed E-state index contributed by atoms with van der Waals surface area (Å²) in [6, 6.07) is 5.96. The Labute approximate surface area is 157 Å². The summed E-state index contributed by atoms with van der Waals surface area (Å²) in [5, 5.41) is 19.8. The van der Waals surface area contributed by atoms with Crippen LogP contribution in [0.25, 0.3) is 0 Å².